The van der Waals surface area contributed by atoms with Crippen LogP contribution < -0.4 is 10.1 Å². The van der Waals surface area contributed by atoms with Gasteiger partial charge in [-0.15, -0.1) is 11.3 Å². The summed E-state index contributed by atoms with van der Waals surface area (Å²) in [6.07, 6.45) is 0. The van der Waals surface area contributed by atoms with Crippen LogP contribution in [0.2, 0.25) is 5.02 Å². The SMILES string of the molecule is CCOC(=O)c1cc(-c2ccccc2)sc1NC(=O)COc1ccc(Cl)c(C)c1. The summed E-state index contributed by atoms with van der Waals surface area (Å²) < 4.78 is 10.7. The number of carbonyl (C=O) groups is 2. The maximum atomic E-state index is 12.4. The number of rotatable bonds is 7. The molecule has 150 valence electrons. The highest BCUT2D eigenvalue weighted by atomic mass is 35.5. The number of anilines is 1. The Hall–Kier alpha value is -2.83. The van der Waals surface area contributed by atoms with Crippen LogP contribution in [0.4, 0.5) is 5.00 Å². The van der Waals surface area contributed by atoms with Crippen LogP contribution in [0.15, 0.2) is 54.6 Å². The number of thiophene rings is 1. The zero-order chi connectivity index (χ0) is 20.8. The Bertz CT molecular complexity index is 1020. The largest absolute Gasteiger partial charge is 0.484 e. The summed E-state index contributed by atoms with van der Waals surface area (Å²) in [4.78, 5) is 25.6. The molecule has 2 aromatic carbocycles. The third-order valence-electron chi connectivity index (χ3n) is 4.04. The molecule has 1 aromatic heterocycles. The molecule has 3 rings (SSSR count). The maximum absolute atomic E-state index is 12.4. The zero-order valence-electron chi connectivity index (χ0n) is 16.0. The minimum Gasteiger partial charge on any atom is -0.484 e. The third kappa shape index (κ3) is 5.37. The highest BCUT2D eigenvalue weighted by molar-refractivity contribution is 7.20. The summed E-state index contributed by atoms with van der Waals surface area (Å²) in [5, 5.41) is 3.83. The molecule has 29 heavy (non-hydrogen) atoms. The van der Waals surface area contributed by atoms with Crippen LogP contribution in [0.1, 0.15) is 22.8 Å². The summed E-state index contributed by atoms with van der Waals surface area (Å²) in [5.74, 6) is -0.302. The first-order chi connectivity index (χ1) is 14.0. The van der Waals surface area contributed by atoms with Crippen molar-refractivity contribution in [2.24, 2.45) is 0 Å². The van der Waals surface area contributed by atoms with E-state index in [9.17, 15) is 9.59 Å². The van der Waals surface area contributed by atoms with Crippen molar-refractivity contribution in [3.8, 4) is 16.2 Å². The number of ether oxygens (including phenoxy) is 2. The van der Waals surface area contributed by atoms with Crippen molar-refractivity contribution in [2.45, 2.75) is 13.8 Å². The van der Waals surface area contributed by atoms with Gasteiger partial charge in [0.1, 0.15) is 10.8 Å². The molecule has 0 aliphatic heterocycles. The minimum atomic E-state index is -0.476. The van der Waals surface area contributed by atoms with Gasteiger partial charge in [0.05, 0.1) is 12.2 Å². The van der Waals surface area contributed by atoms with E-state index in [1.807, 2.05) is 37.3 Å². The molecule has 0 saturated carbocycles. The first kappa shape index (κ1) is 20.9. The van der Waals surface area contributed by atoms with Crippen LogP contribution in [0.5, 0.6) is 5.75 Å². The molecule has 7 heteroatoms. The Morgan fingerprint density at radius 2 is 1.86 bits per heavy atom. The highest BCUT2D eigenvalue weighted by Crippen LogP contribution is 2.36. The Morgan fingerprint density at radius 3 is 2.55 bits per heavy atom. The lowest BCUT2D eigenvalue weighted by Crippen LogP contribution is -2.21. The van der Waals surface area contributed by atoms with Gasteiger partial charge in [-0.05, 0) is 49.2 Å². The molecule has 3 aromatic rings. The number of amides is 1. The quantitative estimate of drug-likeness (QED) is 0.498. The Balaban J connectivity index is 1.75. The standard InChI is InChI=1S/C22H20ClNO4S/c1-3-27-22(26)17-12-19(15-7-5-4-6-8-15)29-21(17)24-20(25)13-28-16-9-10-18(23)14(2)11-16/h4-12H,3,13H2,1-2H3,(H,24,25). The summed E-state index contributed by atoms with van der Waals surface area (Å²) in [6.45, 7) is 3.66. The fourth-order valence-corrected chi connectivity index (χ4v) is 3.79. The van der Waals surface area contributed by atoms with Gasteiger partial charge < -0.3 is 14.8 Å². The van der Waals surface area contributed by atoms with Gasteiger partial charge in [0.2, 0.25) is 0 Å². The number of benzene rings is 2. The van der Waals surface area contributed by atoms with Crippen molar-refractivity contribution in [3.05, 3.63) is 70.7 Å². The van der Waals surface area contributed by atoms with Gasteiger partial charge in [-0.2, -0.15) is 0 Å². The van der Waals surface area contributed by atoms with E-state index >= 15 is 0 Å². The molecule has 0 aliphatic rings. The predicted molar refractivity (Wildman–Crippen MR) is 116 cm³/mol. The number of esters is 1. The maximum Gasteiger partial charge on any atom is 0.341 e. The summed E-state index contributed by atoms with van der Waals surface area (Å²) in [7, 11) is 0. The third-order valence-corrected chi connectivity index (χ3v) is 5.56. The van der Waals surface area contributed by atoms with Crippen LogP contribution in [0.25, 0.3) is 10.4 Å². The molecule has 1 amide bonds. The second-order valence-corrected chi connectivity index (χ2v) is 7.65. The normalized spacial score (nSPS) is 10.4. The highest BCUT2D eigenvalue weighted by Gasteiger charge is 2.20. The van der Waals surface area contributed by atoms with E-state index in [4.69, 9.17) is 21.1 Å². The number of aryl methyl sites for hydroxylation is 1. The number of nitrogens with one attached hydrogen (secondary N) is 1. The van der Waals surface area contributed by atoms with E-state index in [1.54, 1.807) is 31.2 Å². The van der Waals surface area contributed by atoms with Crippen molar-refractivity contribution in [2.75, 3.05) is 18.5 Å². The number of carbonyl (C=O) groups excluding carboxylic acids is 2. The molecule has 1 N–H and O–H groups in total. The fourth-order valence-electron chi connectivity index (χ4n) is 2.61. The van der Waals surface area contributed by atoms with Gasteiger partial charge >= 0.3 is 5.97 Å². The fraction of sp³-hybridized carbons (Fsp3) is 0.182. The second kappa shape index (κ2) is 9.58. The van der Waals surface area contributed by atoms with Crippen molar-refractivity contribution in [1.82, 2.24) is 0 Å². The van der Waals surface area contributed by atoms with Crippen LogP contribution in [0.3, 0.4) is 0 Å². The molecule has 0 bridgehead atoms. The first-order valence-corrected chi connectivity index (χ1v) is 10.2. The molecule has 0 fully saturated rings. The molecule has 0 aliphatic carbocycles. The van der Waals surface area contributed by atoms with E-state index in [-0.39, 0.29) is 19.1 Å². The van der Waals surface area contributed by atoms with Gasteiger partial charge in [0.25, 0.3) is 5.91 Å². The number of hydrogen-bond donors (Lipinski definition) is 1. The van der Waals surface area contributed by atoms with Crippen molar-refractivity contribution in [3.63, 3.8) is 0 Å². The summed E-state index contributed by atoms with van der Waals surface area (Å²) >= 11 is 7.31. The van der Waals surface area contributed by atoms with E-state index in [1.165, 1.54) is 11.3 Å². The molecular weight excluding hydrogens is 410 g/mol. The molecule has 0 unspecified atom stereocenters. The van der Waals surface area contributed by atoms with Crippen LogP contribution >= 0.6 is 22.9 Å². The van der Waals surface area contributed by atoms with Crippen molar-refractivity contribution < 1.29 is 19.1 Å². The average molecular weight is 430 g/mol. The Kier molecular flexibility index (Phi) is 6.90. The van der Waals surface area contributed by atoms with Gasteiger partial charge in [0.15, 0.2) is 6.61 Å². The smallest absolute Gasteiger partial charge is 0.341 e. The van der Waals surface area contributed by atoms with Crippen LogP contribution in [-0.2, 0) is 9.53 Å². The predicted octanol–water partition coefficient (Wildman–Crippen LogP) is 5.57. The molecule has 5 nitrogen and oxygen atoms in total. The van der Waals surface area contributed by atoms with Crippen molar-refractivity contribution in [1.29, 1.82) is 0 Å². The molecule has 0 radical (unpaired) electrons. The van der Waals surface area contributed by atoms with Crippen molar-refractivity contribution >= 4 is 39.8 Å². The van der Waals surface area contributed by atoms with Crippen LogP contribution in [0, 0.1) is 6.92 Å². The van der Waals surface area contributed by atoms with Gasteiger partial charge in [-0.3, -0.25) is 4.79 Å². The molecule has 0 atom stereocenters. The van der Waals surface area contributed by atoms with Gasteiger partial charge in [0, 0.05) is 9.90 Å². The summed E-state index contributed by atoms with van der Waals surface area (Å²) in [6, 6.07) is 16.5. The zero-order valence-corrected chi connectivity index (χ0v) is 17.6. The van der Waals surface area contributed by atoms with E-state index in [0.717, 1.165) is 16.0 Å². The van der Waals surface area contributed by atoms with Crippen LogP contribution in [-0.4, -0.2) is 25.1 Å². The number of hydrogen-bond acceptors (Lipinski definition) is 5. The molecule has 0 saturated heterocycles. The molecule has 1 heterocycles. The Morgan fingerprint density at radius 1 is 1.10 bits per heavy atom. The minimum absolute atomic E-state index is 0.193. The lowest BCUT2D eigenvalue weighted by Gasteiger charge is -2.09. The lowest BCUT2D eigenvalue weighted by atomic mass is 10.1. The molecular formula is C22H20ClNO4S. The van der Waals surface area contributed by atoms with E-state index in [0.29, 0.717) is 21.3 Å². The van der Waals surface area contributed by atoms with E-state index in [2.05, 4.69) is 5.32 Å². The number of halogens is 1. The van der Waals surface area contributed by atoms with Gasteiger partial charge in [-0.25, -0.2) is 4.79 Å². The topological polar surface area (TPSA) is 64.6 Å². The van der Waals surface area contributed by atoms with Gasteiger partial charge in [-0.1, -0.05) is 41.9 Å². The second-order valence-electron chi connectivity index (χ2n) is 6.19. The average Bonchev–Trinajstić information content (AvgIpc) is 3.13. The lowest BCUT2D eigenvalue weighted by molar-refractivity contribution is -0.118. The monoisotopic (exact) mass is 429 g/mol. The van der Waals surface area contributed by atoms with E-state index < -0.39 is 5.97 Å². The summed E-state index contributed by atoms with van der Waals surface area (Å²) in [5.41, 5.74) is 2.14. The Labute approximate surface area is 178 Å². The molecule has 0 spiro atoms. The first-order valence-electron chi connectivity index (χ1n) is 9.03.